The summed E-state index contributed by atoms with van der Waals surface area (Å²) in [5.41, 5.74) is 1.70. The van der Waals surface area contributed by atoms with Crippen LogP contribution in [0.4, 0.5) is 0 Å². The molecule has 0 bridgehead atoms. The molecule has 0 aliphatic carbocycles. The van der Waals surface area contributed by atoms with Crippen molar-refractivity contribution >= 4 is 16.0 Å². The van der Waals surface area contributed by atoms with Crippen molar-refractivity contribution in [2.24, 2.45) is 4.99 Å². The van der Waals surface area contributed by atoms with Crippen LogP contribution in [0.5, 0.6) is 5.75 Å². The highest BCUT2D eigenvalue weighted by Crippen LogP contribution is 2.16. The van der Waals surface area contributed by atoms with Gasteiger partial charge in [-0.2, -0.15) is 4.31 Å². The summed E-state index contributed by atoms with van der Waals surface area (Å²) in [5.74, 6) is 1.42. The molecule has 0 atom stereocenters. The third-order valence-electron chi connectivity index (χ3n) is 4.90. The van der Waals surface area contributed by atoms with Gasteiger partial charge in [-0.1, -0.05) is 42.5 Å². The van der Waals surface area contributed by atoms with Gasteiger partial charge in [-0.15, -0.1) is 0 Å². The fourth-order valence-corrected chi connectivity index (χ4v) is 4.80. The van der Waals surface area contributed by atoms with E-state index in [4.69, 9.17) is 9.47 Å². The number of benzene rings is 2. The second-order valence-corrected chi connectivity index (χ2v) is 9.02. The Kier molecular flexibility index (Phi) is 8.69. The van der Waals surface area contributed by atoms with Crippen LogP contribution in [0.3, 0.4) is 0 Å². The number of para-hydroxylation sites is 1. The summed E-state index contributed by atoms with van der Waals surface area (Å²) in [6.45, 7) is 3.25. The molecule has 1 fully saturated rings. The molecule has 1 aliphatic rings. The van der Waals surface area contributed by atoms with Crippen LogP contribution >= 0.6 is 0 Å². The van der Waals surface area contributed by atoms with Gasteiger partial charge in [-0.05, 0) is 23.3 Å². The number of morpholine rings is 1. The molecule has 168 valence electrons. The summed E-state index contributed by atoms with van der Waals surface area (Å²) in [7, 11) is -1.69. The van der Waals surface area contributed by atoms with E-state index >= 15 is 0 Å². The summed E-state index contributed by atoms with van der Waals surface area (Å²) < 4.78 is 38.0. The summed E-state index contributed by atoms with van der Waals surface area (Å²) in [6, 6.07) is 17.2. The molecule has 0 radical (unpaired) electrons. The number of aliphatic imine (C=N–C) groups is 1. The molecule has 0 saturated carbocycles. The Hall–Kier alpha value is -2.62. The molecule has 2 N–H and O–H groups in total. The highest BCUT2D eigenvalue weighted by Gasteiger charge is 2.25. The Morgan fingerprint density at radius 3 is 2.42 bits per heavy atom. The normalized spacial score (nSPS) is 15.5. The van der Waals surface area contributed by atoms with Crippen LogP contribution < -0.4 is 15.4 Å². The lowest BCUT2D eigenvalue weighted by Gasteiger charge is -2.26. The third-order valence-corrected chi connectivity index (χ3v) is 6.72. The molecule has 2 aromatic rings. The second-order valence-electron chi connectivity index (χ2n) is 7.05. The number of sulfonamides is 1. The van der Waals surface area contributed by atoms with Crippen LogP contribution in [-0.4, -0.2) is 65.2 Å². The van der Waals surface area contributed by atoms with Crippen molar-refractivity contribution in [3.63, 3.8) is 0 Å². The maximum atomic E-state index is 12.8. The van der Waals surface area contributed by atoms with Crippen LogP contribution in [-0.2, 0) is 27.1 Å². The Morgan fingerprint density at radius 2 is 1.71 bits per heavy atom. The SMILES string of the molecule is CN=C(NCCOc1ccccc1)NCc1ccccc1CS(=O)(=O)N1CCOCC1. The van der Waals surface area contributed by atoms with Crippen molar-refractivity contribution in [3.8, 4) is 5.75 Å². The molecule has 2 aromatic carbocycles. The molecule has 3 rings (SSSR count). The number of nitrogens with one attached hydrogen (secondary N) is 2. The predicted octanol–water partition coefficient (Wildman–Crippen LogP) is 1.59. The van der Waals surface area contributed by atoms with E-state index in [0.29, 0.717) is 52.0 Å². The standard InChI is InChI=1S/C22H30N4O4S/c1-23-22(24-11-14-30-21-9-3-2-4-10-21)25-17-19-7-5-6-8-20(19)18-31(27,28)26-12-15-29-16-13-26/h2-10H,11-18H2,1H3,(H2,23,24,25). The van der Waals surface area contributed by atoms with E-state index in [0.717, 1.165) is 16.9 Å². The van der Waals surface area contributed by atoms with Gasteiger partial charge in [-0.25, -0.2) is 8.42 Å². The lowest BCUT2D eigenvalue weighted by molar-refractivity contribution is 0.0729. The van der Waals surface area contributed by atoms with Crippen LogP contribution in [0.2, 0.25) is 0 Å². The minimum atomic E-state index is -3.38. The molecule has 0 spiro atoms. The van der Waals surface area contributed by atoms with Gasteiger partial charge in [0.15, 0.2) is 5.96 Å². The van der Waals surface area contributed by atoms with Gasteiger partial charge in [0.1, 0.15) is 12.4 Å². The summed E-state index contributed by atoms with van der Waals surface area (Å²) in [6.07, 6.45) is 0. The zero-order valence-electron chi connectivity index (χ0n) is 17.8. The maximum absolute atomic E-state index is 12.8. The Morgan fingerprint density at radius 1 is 1.03 bits per heavy atom. The summed E-state index contributed by atoms with van der Waals surface area (Å²) >= 11 is 0. The second kappa shape index (κ2) is 11.7. The minimum absolute atomic E-state index is 0.0260. The van der Waals surface area contributed by atoms with Gasteiger partial charge in [-0.3, -0.25) is 4.99 Å². The predicted molar refractivity (Wildman–Crippen MR) is 122 cm³/mol. The first-order valence-corrected chi connectivity index (χ1v) is 11.9. The van der Waals surface area contributed by atoms with E-state index in [9.17, 15) is 8.42 Å². The van der Waals surface area contributed by atoms with Crippen LogP contribution in [0.15, 0.2) is 59.6 Å². The zero-order valence-corrected chi connectivity index (χ0v) is 18.6. The van der Waals surface area contributed by atoms with E-state index in [1.165, 1.54) is 4.31 Å². The molecule has 1 saturated heterocycles. The topological polar surface area (TPSA) is 92.3 Å². The number of guanidine groups is 1. The molecule has 9 heteroatoms. The van der Waals surface area contributed by atoms with Gasteiger partial charge < -0.3 is 20.1 Å². The van der Waals surface area contributed by atoms with Crippen molar-refractivity contribution in [1.82, 2.24) is 14.9 Å². The molecule has 0 amide bonds. The number of nitrogens with zero attached hydrogens (tertiary/aromatic N) is 2. The Balaban J connectivity index is 1.51. The van der Waals surface area contributed by atoms with Crippen LogP contribution in [0.1, 0.15) is 11.1 Å². The number of rotatable bonds is 9. The van der Waals surface area contributed by atoms with Crippen molar-refractivity contribution in [2.75, 3.05) is 46.5 Å². The molecular formula is C22H30N4O4S. The fraction of sp³-hybridized carbons (Fsp3) is 0.409. The van der Waals surface area contributed by atoms with Crippen molar-refractivity contribution in [1.29, 1.82) is 0 Å². The van der Waals surface area contributed by atoms with Gasteiger partial charge in [0.25, 0.3) is 0 Å². The van der Waals surface area contributed by atoms with Crippen molar-refractivity contribution < 1.29 is 17.9 Å². The smallest absolute Gasteiger partial charge is 0.218 e. The van der Waals surface area contributed by atoms with Gasteiger partial charge in [0, 0.05) is 26.7 Å². The van der Waals surface area contributed by atoms with Gasteiger partial charge >= 0.3 is 0 Å². The number of hydrogen-bond acceptors (Lipinski definition) is 5. The molecular weight excluding hydrogens is 416 g/mol. The fourth-order valence-electron chi connectivity index (χ4n) is 3.24. The monoisotopic (exact) mass is 446 g/mol. The third kappa shape index (κ3) is 7.23. The molecule has 8 nitrogen and oxygen atoms in total. The van der Waals surface area contributed by atoms with E-state index < -0.39 is 10.0 Å². The summed E-state index contributed by atoms with van der Waals surface area (Å²) in [4.78, 5) is 4.22. The molecule has 1 heterocycles. The van der Waals surface area contributed by atoms with Gasteiger partial charge in [0.2, 0.25) is 10.0 Å². The van der Waals surface area contributed by atoms with E-state index in [-0.39, 0.29) is 5.75 Å². The van der Waals surface area contributed by atoms with Crippen molar-refractivity contribution in [3.05, 3.63) is 65.7 Å². The van der Waals surface area contributed by atoms with Gasteiger partial charge in [0.05, 0.1) is 25.5 Å². The molecule has 31 heavy (non-hydrogen) atoms. The Bertz CT molecular complexity index is 945. The highest BCUT2D eigenvalue weighted by molar-refractivity contribution is 7.88. The van der Waals surface area contributed by atoms with E-state index in [1.54, 1.807) is 7.05 Å². The summed E-state index contributed by atoms with van der Waals surface area (Å²) in [5, 5.41) is 6.45. The lowest BCUT2D eigenvalue weighted by atomic mass is 10.1. The maximum Gasteiger partial charge on any atom is 0.218 e. The average Bonchev–Trinajstić information content (AvgIpc) is 2.80. The molecule has 1 aliphatic heterocycles. The first kappa shape index (κ1) is 23.1. The van der Waals surface area contributed by atoms with Crippen molar-refractivity contribution in [2.45, 2.75) is 12.3 Å². The van der Waals surface area contributed by atoms with E-state index in [2.05, 4.69) is 15.6 Å². The first-order valence-electron chi connectivity index (χ1n) is 10.3. The lowest BCUT2D eigenvalue weighted by Crippen LogP contribution is -2.41. The Labute approximate surface area is 184 Å². The van der Waals surface area contributed by atoms with E-state index in [1.807, 2.05) is 54.6 Å². The number of ether oxygens (including phenoxy) is 2. The minimum Gasteiger partial charge on any atom is -0.492 e. The molecule has 0 aromatic heterocycles. The largest absolute Gasteiger partial charge is 0.492 e. The van der Waals surface area contributed by atoms with Crippen LogP contribution in [0.25, 0.3) is 0 Å². The van der Waals surface area contributed by atoms with Crippen LogP contribution in [0, 0.1) is 0 Å². The zero-order chi connectivity index (χ0) is 21.9. The number of hydrogen-bond donors (Lipinski definition) is 2. The average molecular weight is 447 g/mol. The highest BCUT2D eigenvalue weighted by atomic mass is 32.2. The first-order chi connectivity index (χ1) is 15.1. The quantitative estimate of drug-likeness (QED) is 0.345. The molecule has 0 unspecified atom stereocenters.